The molecule has 3 heteroatoms. The van der Waals surface area contributed by atoms with Gasteiger partial charge in [-0.15, -0.1) is 0 Å². The molecule has 1 aliphatic rings. The quantitative estimate of drug-likeness (QED) is 0.791. The lowest BCUT2D eigenvalue weighted by atomic mass is 9.91. The summed E-state index contributed by atoms with van der Waals surface area (Å²) in [5, 5.41) is 4.17. The smallest absolute Gasteiger partial charge is 0.140 e. The first-order chi connectivity index (χ1) is 7.84. The van der Waals surface area contributed by atoms with Gasteiger partial charge in [-0.1, -0.05) is 35.5 Å². The Balaban J connectivity index is 2.07. The van der Waals surface area contributed by atoms with Crippen molar-refractivity contribution in [3.05, 3.63) is 41.7 Å². The average Bonchev–Trinajstić information content (AvgIpc) is 2.73. The van der Waals surface area contributed by atoms with Gasteiger partial charge in [0.1, 0.15) is 11.5 Å². The van der Waals surface area contributed by atoms with Gasteiger partial charge < -0.3 is 10.3 Å². The monoisotopic (exact) mass is 214 g/mol. The lowest BCUT2D eigenvalue weighted by Gasteiger charge is -2.16. The summed E-state index contributed by atoms with van der Waals surface area (Å²) in [6.07, 6.45) is 2.79. The fourth-order valence-electron chi connectivity index (χ4n) is 2.25. The standard InChI is InChI=1S/C13H14N2O/c14-10-6-7-12-11(8-10)13(15-16-12)9-4-2-1-3-5-9/h1-5,10H,6-8,14H2/t10-/m0/s1. The van der Waals surface area contributed by atoms with Crippen LogP contribution in [-0.4, -0.2) is 11.2 Å². The normalized spacial score (nSPS) is 19.4. The molecule has 0 bridgehead atoms. The third-order valence-electron chi connectivity index (χ3n) is 3.13. The van der Waals surface area contributed by atoms with Crippen molar-refractivity contribution in [1.82, 2.24) is 5.16 Å². The topological polar surface area (TPSA) is 52.0 Å². The maximum Gasteiger partial charge on any atom is 0.140 e. The molecule has 0 amide bonds. The summed E-state index contributed by atoms with van der Waals surface area (Å²) < 4.78 is 5.38. The Morgan fingerprint density at radius 2 is 2.06 bits per heavy atom. The van der Waals surface area contributed by atoms with E-state index in [9.17, 15) is 0 Å². The van der Waals surface area contributed by atoms with Crippen molar-refractivity contribution in [2.45, 2.75) is 25.3 Å². The minimum Gasteiger partial charge on any atom is -0.360 e. The molecule has 0 aliphatic heterocycles. The molecule has 1 aromatic heterocycles. The molecule has 0 saturated heterocycles. The molecule has 82 valence electrons. The van der Waals surface area contributed by atoms with Gasteiger partial charge in [-0.25, -0.2) is 0 Å². The third-order valence-corrected chi connectivity index (χ3v) is 3.13. The number of hydrogen-bond acceptors (Lipinski definition) is 3. The van der Waals surface area contributed by atoms with Crippen LogP contribution < -0.4 is 5.73 Å². The number of hydrogen-bond donors (Lipinski definition) is 1. The van der Waals surface area contributed by atoms with Crippen molar-refractivity contribution in [2.75, 3.05) is 0 Å². The zero-order chi connectivity index (χ0) is 11.0. The number of benzene rings is 1. The number of aryl methyl sites for hydroxylation is 1. The number of rotatable bonds is 1. The largest absolute Gasteiger partial charge is 0.360 e. The highest BCUT2D eigenvalue weighted by atomic mass is 16.5. The Kier molecular flexibility index (Phi) is 2.26. The summed E-state index contributed by atoms with van der Waals surface area (Å²) in [7, 11) is 0. The fraction of sp³-hybridized carbons (Fsp3) is 0.308. The van der Waals surface area contributed by atoms with E-state index < -0.39 is 0 Å². The molecular weight excluding hydrogens is 200 g/mol. The summed E-state index contributed by atoms with van der Waals surface area (Å²) in [4.78, 5) is 0. The van der Waals surface area contributed by atoms with E-state index in [4.69, 9.17) is 10.3 Å². The van der Waals surface area contributed by atoms with Crippen LogP contribution in [0.25, 0.3) is 11.3 Å². The van der Waals surface area contributed by atoms with Gasteiger partial charge in [0.25, 0.3) is 0 Å². The molecule has 1 heterocycles. The summed E-state index contributed by atoms with van der Waals surface area (Å²) in [5.41, 5.74) is 9.26. The minimum absolute atomic E-state index is 0.245. The van der Waals surface area contributed by atoms with Gasteiger partial charge in [-0.2, -0.15) is 0 Å². The van der Waals surface area contributed by atoms with Crippen LogP contribution in [0, 0.1) is 0 Å². The minimum atomic E-state index is 0.245. The summed E-state index contributed by atoms with van der Waals surface area (Å²) in [6.45, 7) is 0. The van der Waals surface area contributed by atoms with E-state index in [2.05, 4.69) is 17.3 Å². The predicted molar refractivity (Wildman–Crippen MR) is 61.9 cm³/mol. The molecule has 16 heavy (non-hydrogen) atoms. The van der Waals surface area contributed by atoms with Crippen LogP contribution in [0.1, 0.15) is 17.7 Å². The molecular formula is C13H14N2O. The van der Waals surface area contributed by atoms with Crippen molar-refractivity contribution >= 4 is 0 Å². The first kappa shape index (κ1) is 9.60. The molecule has 0 fully saturated rings. The summed E-state index contributed by atoms with van der Waals surface area (Å²) >= 11 is 0. The highest BCUT2D eigenvalue weighted by molar-refractivity contribution is 5.63. The van der Waals surface area contributed by atoms with E-state index in [1.807, 2.05) is 18.2 Å². The van der Waals surface area contributed by atoms with E-state index in [1.54, 1.807) is 0 Å². The van der Waals surface area contributed by atoms with Gasteiger partial charge in [0, 0.05) is 23.6 Å². The van der Waals surface area contributed by atoms with Gasteiger partial charge in [0.2, 0.25) is 0 Å². The van der Waals surface area contributed by atoms with Crippen LogP contribution in [0.15, 0.2) is 34.9 Å². The van der Waals surface area contributed by atoms with E-state index in [1.165, 1.54) is 5.56 Å². The average molecular weight is 214 g/mol. The molecule has 1 aromatic carbocycles. The number of nitrogens with zero attached hydrogens (tertiary/aromatic N) is 1. The second kappa shape index (κ2) is 3.76. The Bertz CT molecular complexity index is 490. The van der Waals surface area contributed by atoms with Crippen LogP contribution in [0.5, 0.6) is 0 Å². The fourth-order valence-corrected chi connectivity index (χ4v) is 2.25. The molecule has 2 aromatic rings. The highest BCUT2D eigenvalue weighted by Gasteiger charge is 2.24. The zero-order valence-corrected chi connectivity index (χ0v) is 9.02. The highest BCUT2D eigenvalue weighted by Crippen LogP contribution is 2.30. The molecule has 3 nitrogen and oxygen atoms in total. The molecule has 0 radical (unpaired) electrons. The molecule has 1 atom stereocenters. The van der Waals surface area contributed by atoms with Gasteiger partial charge in [0.05, 0.1) is 0 Å². The van der Waals surface area contributed by atoms with Crippen LogP contribution in [0.4, 0.5) is 0 Å². The van der Waals surface area contributed by atoms with Crippen molar-refractivity contribution < 1.29 is 4.52 Å². The molecule has 3 rings (SSSR count). The van der Waals surface area contributed by atoms with E-state index >= 15 is 0 Å². The van der Waals surface area contributed by atoms with Gasteiger partial charge >= 0.3 is 0 Å². The van der Waals surface area contributed by atoms with Crippen LogP contribution >= 0.6 is 0 Å². The maximum atomic E-state index is 5.99. The first-order valence-electron chi connectivity index (χ1n) is 5.63. The molecule has 0 saturated carbocycles. The molecule has 2 N–H and O–H groups in total. The number of nitrogens with two attached hydrogens (primary N) is 1. The van der Waals surface area contributed by atoms with E-state index in [0.29, 0.717) is 0 Å². The lowest BCUT2D eigenvalue weighted by Crippen LogP contribution is -2.27. The van der Waals surface area contributed by atoms with Crippen LogP contribution in [0.2, 0.25) is 0 Å². The summed E-state index contributed by atoms with van der Waals surface area (Å²) in [6, 6.07) is 10.4. The van der Waals surface area contributed by atoms with Gasteiger partial charge in [0.15, 0.2) is 0 Å². The molecule has 0 unspecified atom stereocenters. The third kappa shape index (κ3) is 1.53. The zero-order valence-electron chi connectivity index (χ0n) is 9.02. The van der Waals surface area contributed by atoms with Crippen molar-refractivity contribution in [3.8, 4) is 11.3 Å². The lowest BCUT2D eigenvalue weighted by molar-refractivity contribution is 0.367. The second-order valence-corrected chi connectivity index (χ2v) is 4.30. The summed E-state index contributed by atoms with van der Waals surface area (Å²) in [5.74, 6) is 1.01. The Morgan fingerprint density at radius 1 is 1.25 bits per heavy atom. The number of fused-ring (bicyclic) bond motifs is 1. The maximum absolute atomic E-state index is 5.99. The Labute approximate surface area is 94.2 Å². The van der Waals surface area contributed by atoms with Gasteiger partial charge in [-0.3, -0.25) is 0 Å². The van der Waals surface area contributed by atoms with E-state index in [0.717, 1.165) is 36.3 Å². The second-order valence-electron chi connectivity index (χ2n) is 4.30. The Hall–Kier alpha value is -1.61. The van der Waals surface area contributed by atoms with Crippen LogP contribution in [0.3, 0.4) is 0 Å². The van der Waals surface area contributed by atoms with Crippen molar-refractivity contribution in [1.29, 1.82) is 0 Å². The SMILES string of the molecule is N[C@H]1CCc2onc(-c3ccccc3)c2C1. The van der Waals surface area contributed by atoms with Gasteiger partial charge in [-0.05, 0) is 12.8 Å². The van der Waals surface area contributed by atoms with Crippen molar-refractivity contribution in [2.24, 2.45) is 5.73 Å². The van der Waals surface area contributed by atoms with Crippen molar-refractivity contribution in [3.63, 3.8) is 0 Å². The molecule has 0 spiro atoms. The van der Waals surface area contributed by atoms with Crippen LogP contribution in [-0.2, 0) is 12.8 Å². The number of aromatic nitrogens is 1. The first-order valence-corrected chi connectivity index (χ1v) is 5.63. The predicted octanol–water partition coefficient (Wildman–Crippen LogP) is 2.16. The molecule has 1 aliphatic carbocycles. The van der Waals surface area contributed by atoms with E-state index in [-0.39, 0.29) is 6.04 Å². The Morgan fingerprint density at radius 3 is 2.88 bits per heavy atom.